The molecule has 2 aliphatic rings. The molecule has 0 N–H and O–H groups in total. The zero-order chi connectivity index (χ0) is 16.3. The second kappa shape index (κ2) is 4.99. The van der Waals surface area contributed by atoms with Crippen LogP contribution < -0.4 is 0 Å². The Bertz CT molecular complexity index is 531. The molecule has 0 bridgehead atoms. The van der Waals surface area contributed by atoms with Gasteiger partial charge in [-0.15, -0.1) is 0 Å². The molecule has 2 aliphatic carbocycles. The predicted octanol–water partition coefficient (Wildman–Crippen LogP) is 6.80. The van der Waals surface area contributed by atoms with Crippen LogP contribution in [0, 0.1) is 0 Å². The van der Waals surface area contributed by atoms with Crippen LogP contribution in [-0.2, 0) is 14.4 Å². The summed E-state index contributed by atoms with van der Waals surface area (Å²) in [5, 5.41) is 0. The van der Waals surface area contributed by atoms with E-state index in [1.54, 1.807) is 22.3 Å². The molecule has 2 rings (SSSR count). The zero-order valence-corrected chi connectivity index (χ0v) is 16.3. The van der Waals surface area contributed by atoms with Crippen molar-refractivity contribution < 1.29 is 14.4 Å². The van der Waals surface area contributed by atoms with E-state index in [1.165, 1.54) is 22.3 Å². The van der Waals surface area contributed by atoms with Crippen molar-refractivity contribution in [3.05, 3.63) is 44.6 Å². The standard InChI is InChI=1S/2C10H15.Ni/c2*1-6-7(2)9(4)10(5)8(6)3;/h2*1-5H3;. The maximum atomic E-state index is 2.42. The van der Waals surface area contributed by atoms with Crippen LogP contribution in [0.3, 0.4) is 0 Å². The van der Waals surface area contributed by atoms with Crippen molar-refractivity contribution in [2.75, 3.05) is 0 Å². The molecule has 0 heterocycles. The summed E-state index contributed by atoms with van der Waals surface area (Å²) < 4.78 is 0.284. The van der Waals surface area contributed by atoms with Crippen molar-refractivity contribution in [2.45, 2.75) is 78.0 Å². The Morgan fingerprint density at radius 1 is 0.476 bits per heavy atom. The van der Waals surface area contributed by atoms with E-state index >= 15 is 0 Å². The molecule has 0 saturated carbocycles. The molecule has 0 amide bonds. The van der Waals surface area contributed by atoms with Crippen LogP contribution in [0.1, 0.15) is 69.2 Å². The van der Waals surface area contributed by atoms with Gasteiger partial charge in [0.1, 0.15) is 0 Å². The third kappa shape index (κ3) is 2.07. The van der Waals surface area contributed by atoms with Gasteiger partial charge in [-0.3, -0.25) is 0 Å². The average molecular weight is 329 g/mol. The Morgan fingerprint density at radius 3 is 0.857 bits per heavy atom. The molecule has 0 fully saturated rings. The third-order valence-electron chi connectivity index (χ3n) is 6.42. The number of hydrogen-bond acceptors (Lipinski definition) is 0. The first-order valence-electron chi connectivity index (χ1n) is 7.82. The average Bonchev–Trinajstić information content (AvgIpc) is 2.67. The van der Waals surface area contributed by atoms with Crippen molar-refractivity contribution >= 4 is 0 Å². The minimum absolute atomic E-state index is 0.142. The van der Waals surface area contributed by atoms with E-state index in [1.807, 2.05) is 14.4 Å². The third-order valence-corrected chi connectivity index (χ3v) is 8.88. The quantitative estimate of drug-likeness (QED) is 0.489. The summed E-state index contributed by atoms with van der Waals surface area (Å²) in [6.07, 6.45) is 0. The van der Waals surface area contributed by atoms with E-state index in [4.69, 9.17) is 0 Å². The Kier molecular flexibility index (Phi) is 3.99. The molecular formula is C20H30Ni. The molecule has 0 aromatic heterocycles. The van der Waals surface area contributed by atoms with Crippen molar-refractivity contribution in [3.63, 3.8) is 0 Å². The summed E-state index contributed by atoms with van der Waals surface area (Å²) in [7, 11) is 0. The van der Waals surface area contributed by atoms with Crippen LogP contribution in [0.5, 0.6) is 0 Å². The second-order valence-electron chi connectivity index (χ2n) is 6.96. The Morgan fingerprint density at radius 2 is 0.667 bits per heavy atom. The van der Waals surface area contributed by atoms with Gasteiger partial charge in [-0.05, 0) is 0 Å². The molecule has 0 aromatic carbocycles. The minimum atomic E-state index is 0.142. The van der Waals surface area contributed by atoms with Crippen molar-refractivity contribution in [1.29, 1.82) is 0 Å². The van der Waals surface area contributed by atoms with E-state index in [2.05, 4.69) is 69.2 Å². The molecule has 0 atom stereocenters. The molecule has 0 aliphatic heterocycles. The van der Waals surface area contributed by atoms with Crippen LogP contribution in [0.25, 0.3) is 0 Å². The SMILES string of the molecule is CC1=C(C)[C](C)([Ni][C]2(C)C(C)=C(C)C(C)=C2C)C(C)=C1C. The number of rotatable bonds is 2. The van der Waals surface area contributed by atoms with Crippen molar-refractivity contribution in [1.82, 2.24) is 0 Å². The summed E-state index contributed by atoms with van der Waals surface area (Å²) in [4.78, 5) is 0. The molecule has 0 aromatic rings. The fraction of sp³-hybridized carbons (Fsp3) is 0.600. The first-order valence-corrected chi connectivity index (χ1v) is 8.80. The monoisotopic (exact) mass is 328 g/mol. The van der Waals surface area contributed by atoms with Crippen LogP contribution in [-0.4, -0.2) is 0 Å². The predicted molar refractivity (Wildman–Crippen MR) is 90.2 cm³/mol. The molecule has 1 heteroatoms. The van der Waals surface area contributed by atoms with E-state index in [9.17, 15) is 0 Å². The van der Waals surface area contributed by atoms with Crippen LogP contribution in [0.15, 0.2) is 44.6 Å². The van der Waals surface area contributed by atoms with Gasteiger partial charge in [-0.25, -0.2) is 0 Å². The van der Waals surface area contributed by atoms with Gasteiger partial charge in [0, 0.05) is 0 Å². The molecule has 0 spiro atoms. The van der Waals surface area contributed by atoms with Gasteiger partial charge >= 0.3 is 137 Å². The van der Waals surface area contributed by atoms with Crippen molar-refractivity contribution in [3.8, 4) is 0 Å². The van der Waals surface area contributed by atoms with Gasteiger partial charge in [0.25, 0.3) is 0 Å². The maximum absolute atomic E-state index is 2.42. The van der Waals surface area contributed by atoms with E-state index in [0.29, 0.717) is 0 Å². The number of hydrogen-bond donors (Lipinski definition) is 0. The summed E-state index contributed by atoms with van der Waals surface area (Å²) >= 11 is 1.90. The molecule has 0 unspecified atom stereocenters. The van der Waals surface area contributed by atoms with Gasteiger partial charge in [0.2, 0.25) is 0 Å². The Hall–Kier alpha value is -0.546. The normalized spacial score (nSPS) is 25.0. The summed E-state index contributed by atoms with van der Waals surface area (Å²) in [5.74, 6) is 0. The van der Waals surface area contributed by atoms with Crippen LogP contribution >= 0.6 is 0 Å². The molecule has 0 radical (unpaired) electrons. The molecule has 0 nitrogen and oxygen atoms in total. The van der Waals surface area contributed by atoms with Gasteiger partial charge in [0.05, 0.1) is 0 Å². The Balaban J connectivity index is 2.54. The van der Waals surface area contributed by atoms with Gasteiger partial charge < -0.3 is 0 Å². The number of allylic oxidation sites excluding steroid dienone is 8. The molecule has 120 valence electrons. The fourth-order valence-electron chi connectivity index (χ4n) is 3.60. The van der Waals surface area contributed by atoms with Crippen molar-refractivity contribution in [2.24, 2.45) is 0 Å². The molecule has 21 heavy (non-hydrogen) atoms. The van der Waals surface area contributed by atoms with E-state index in [-0.39, 0.29) is 8.77 Å². The molecule has 0 saturated heterocycles. The summed E-state index contributed by atoms with van der Waals surface area (Å²) in [6.45, 7) is 23.3. The summed E-state index contributed by atoms with van der Waals surface area (Å²) in [6, 6.07) is 0. The van der Waals surface area contributed by atoms with Crippen LogP contribution in [0.2, 0.25) is 8.77 Å². The van der Waals surface area contributed by atoms with E-state index in [0.717, 1.165) is 0 Å². The first kappa shape index (κ1) is 16.8. The first-order chi connectivity index (χ1) is 9.48. The zero-order valence-electron chi connectivity index (χ0n) is 15.3. The Labute approximate surface area is 137 Å². The van der Waals surface area contributed by atoms with E-state index < -0.39 is 0 Å². The van der Waals surface area contributed by atoms with Gasteiger partial charge in [-0.1, -0.05) is 0 Å². The summed E-state index contributed by atoms with van der Waals surface area (Å²) in [5.41, 5.74) is 12.1. The van der Waals surface area contributed by atoms with Crippen LogP contribution in [0.4, 0.5) is 0 Å². The van der Waals surface area contributed by atoms with Gasteiger partial charge in [-0.2, -0.15) is 0 Å². The van der Waals surface area contributed by atoms with Gasteiger partial charge in [0.15, 0.2) is 0 Å². The topological polar surface area (TPSA) is 0 Å². The molecular weight excluding hydrogens is 299 g/mol. The second-order valence-corrected chi connectivity index (χ2v) is 9.18. The fourth-order valence-corrected chi connectivity index (χ4v) is 6.07.